The first-order valence-electron chi connectivity index (χ1n) is 10.3. The predicted molar refractivity (Wildman–Crippen MR) is 121 cm³/mol. The van der Waals surface area contributed by atoms with Crippen molar-refractivity contribution in [3.63, 3.8) is 0 Å². The second kappa shape index (κ2) is 10.8. The smallest absolute Gasteiger partial charge is 0.262 e. The molecule has 2 aromatic rings. The number of benzene rings is 2. The van der Waals surface area contributed by atoms with Crippen molar-refractivity contribution in [1.82, 2.24) is 10.2 Å². The van der Waals surface area contributed by atoms with Gasteiger partial charge < -0.3 is 15.4 Å². The van der Waals surface area contributed by atoms with E-state index in [0.29, 0.717) is 12.6 Å². The van der Waals surface area contributed by atoms with E-state index in [-0.39, 0.29) is 12.5 Å². The lowest BCUT2D eigenvalue weighted by Crippen LogP contribution is -2.37. The van der Waals surface area contributed by atoms with Gasteiger partial charge in [-0.3, -0.25) is 9.69 Å². The molecule has 0 saturated carbocycles. The number of nitrogens with one attached hydrogen (secondary N) is 2. The highest BCUT2D eigenvalue weighted by Crippen LogP contribution is 2.24. The quantitative estimate of drug-likeness (QED) is 0.585. The summed E-state index contributed by atoms with van der Waals surface area (Å²) in [6, 6.07) is 14.2. The summed E-state index contributed by atoms with van der Waals surface area (Å²) in [5.41, 5.74) is 2.98. The van der Waals surface area contributed by atoms with E-state index in [0.717, 1.165) is 40.1 Å². The number of amides is 1. The standard InChI is InChI=1S/C23H30BrN3O2/c1-3-27-12-4-5-21(27)15-25-14-18-13-19(24)8-11-22(18)29-16-23(28)26-20-9-6-17(2)7-10-20/h6-11,13,21,25H,3-5,12,14-16H2,1-2H3,(H,26,28). The van der Waals surface area contributed by atoms with E-state index < -0.39 is 0 Å². The molecule has 1 atom stereocenters. The average Bonchev–Trinajstić information content (AvgIpc) is 3.16. The molecule has 6 heteroatoms. The number of anilines is 1. The van der Waals surface area contributed by atoms with Gasteiger partial charge in [-0.25, -0.2) is 0 Å². The van der Waals surface area contributed by atoms with Crippen LogP contribution in [0, 0.1) is 6.92 Å². The van der Waals surface area contributed by atoms with Crippen LogP contribution in [0.15, 0.2) is 46.9 Å². The predicted octanol–water partition coefficient (Wildman–Crippen LogP) is 4.35. The monoisotopic (exact) mass is 459 g/mol. The second-order valence-electron chi connectivity index (χ2n) is 7.51. The van der Waals surface area contributed by atoms with Gasteiger partial charge >= 0.3 is 0 Å². The largest absolute Gasteiger partial charge is 0.483 e. The minimum Gasteiger partial charge on any atom is -0.483 e. The molecule has 5 nitrogen and oxygen atoms in total. The van der Waals surface area contributed by atoms with Crippen molar-refractivity contribution >= 4 is 27.5 Å². The normalized spacial score (nSPS) is 16.7. The van der Waals surface area contributed by atoms with Gasteiger partial charge in [-0.15, -0.1) is 0 Å². The zero-order valence-corrected chi connectivity index (χ0v) is 18.8. The van der Waals surface area contributed by atoms with E-state index in [1.165, 1.54) is 19.4 Å². The van der Waals surface area contributed by atoms with E-state index >= 15 is 0 Å². The Labute approximate surface area is 181 Å². The zero-order chi connectivity index (χ0) is 20.6. The van der Waals surface area contributed by atoms with Gasteiger partial charge in [0.25, 0.3) is 5.91 Å². The van der Waals surface area contributed by atoms with Crippen molar-refractivity contribution in [3.05, 3.63) is 58.1 Å². The van der Waals surface area contributed by atoms with Gasteiger partial charge in [-0.05, 0) is 63.2 Å². The van der Waals surface area contributed by atoms with Gasteiger partial charge in [0.2, 0.25) is 0 Å². The van der Waals surface area contributed by atoms with E-state index in [1.807, 2.05) is 49.4 Å². The summed E-state index contributed by atoms with van der Waals surface area (Å²) in [7, 11) is 0. The van der Waals surface area contributed by atoms with Crippen LogP contribution in [0.5, 0.6) is 5.75 Å². The fourth-order valence-electron chi connectivity index (χ4n) is 3.72. The van der Waals surface area contributed by atoms with Crippen molar-refractivity contribution < 1.29 is 9.53 Å². The molecule has 2 N–H and O–H groups in total. The molecule has 3 rings (SSSR count). The first-order valence-corrected chi connectivity index (χ1v) is 11.1. The molecule has 2 aromatic carbocycles. The molecular formula is C23H30BrN3O2. The van der Waals surface area contributed by atoms with Crippen molar-refractivity contribution in [2.24, 2.45) is 0 Å². The van der Waals surface area contributed by atoms with Crippen LogP contribution in [0.4, 0.5) is 5.69 Å². The lowest BCUT2D eigenvalue weighted by molar-refractivity contribution is -0.118. The van der Waals surface area contributed by atoms with Crippen LogP contribution >= 0.6 is 15.9 Å². The topological polar surface area (TPSA) is 53.6 Å². The lowest BCUT2D eigenvalue weighted by atomic mass is 10.2. The summed E-state index contributed by atoms with van der Waals surface area (Å²) in [6.07, 6.45) is 2.53. The highest BCUT2D eigenvalue weighted by Gasteiger charge is 2.22. The Morgan fingerprint density at radius 1 is 1.24 bits per heavy atom. The maximum absolute atomic E-state index is 12.2. The number of rotatable bonds is 9. The first-order chi connectivity index (χ1) is 14.0. The molecule has 0 radical (unpaired) electrons. The summed E-state index contributed by atoms with van der Waals surface area (Å²) in [4.78, 5) is 14.8. The third kappa shape index (κ3) is 6.56. The number of hydrogen-bond acceptors (Lipinski definition) is 4. The maximum Gasteiger partial charge on any atom is 0.262 e. The van der Waals surface area contributed by atoms with Gasteiger partial charge in [0.1, 0.15) is 5.75 Å². The van der Waals surface area contributed by atoms with E-state index in [1.54, 1.807) is 0 Å². The minimum atomic E-state index is -0.166. The molecule has 1 fully saturated rings. The van der Waals surface area contributed by atoms with Crippen LogP contribution in [-0.4, -0.2) is 43.1 Å². The SMILES string of the molecule is CCN1CCCC1CNCc1cc(Br)ccc1OCC(=O)Nc1ccc(C)cc1. The zero-order valence-electron chi connectivity index (χ0n) is 17.2. The summed E-state index contributed by atoms with van der Waals surface area (Å²) in [6.45, 7) is 8.20. The molecule has 0 aliphatic carbocycles. The molecule has 1 amide bonds. The van der Waals surface area contributed by atoms with Gasteiger partial charge in [0, 0.05) is 34.9 Å². The molecule has 1 saturated heterocycles. The Morgan fingerprint density at radius 2 is 2.03 bits per heavy atom. The van der Waals surface area contributed by atoms with Crippen LogP contribution < -0.4 is 15.4 Å². The number of carbonyl (C=O) groups is 1. The van der Waals surface area contributed by atoms with Gasteiger partial charge in [-0.2, -0.15) is 0 Å². The molecule has 0 aromatic heterocycles. The van der Waals surface area contributed by atoms with E-state index in [9.17, 15) is 4.79 Å². The molecule has 0 spiro atoms. The van der Waals surface area contributed by atoms with Crippen LogP contribution in [0.1, 0.15) is 30.9 Å². The molecule has 1 aliphatic heterocycles. The molecule has 1 heterocycles. The molecule has 156 valence electrons. The van der Waals surface area contributed by atoms with Crippen molar-refractivity contribution in [2.75, 3.05) is 31.6 Å². The number of likely N-dealkylation sites (N-methyl/N-ethyl adjacent to an activating group) is 1. The Balaban J connectivity index is 1.52. The highest BCUT2D eigenvalue weighted by atomic mass is 79.9. The summed E-state index contributed by atoms with van der Waals surface area (Å²) < 4.78 is 6.83. The summed E-state index contributed by atoms with van der Waals surface area (Å²) >= 11 is 3.53. The second-order valence-corrected chi connectivity index (χ2v) is 8.43. The Kier molecular flexibility index (Phi) is 8.09. The summed E-state index contributed by atoms with van der Waals surface area (Å²) in [5.74, 6) is 0.568. The number of ether oxygens (including phenoxy) is 1. The minimum absolute atomic E-state index is 0.0191. The number of hydrogen-bond donors (Lipinski definition) is 2. The highest BCUT2D eigenvalue weighted by molar-refractivity contribution is 9.10. The number of carbonyl (C=O) groups excluding carboxylic acids is 1. The lowest BCUT2D eigenvalue weighted by Gasteiger charge is -2.23. The molecule has 0 bridgehead atoms. The Hall–Kier alpha value is -1.89. The number of likely N-dealkylation sites (tertiary alicyclic amines) is 1. The van der Waals surface area contributed by atoms with Crippen LogP contribution in [0.2, 0.25) is 0 Å². The van der Waals surface area contributed by atoms with Gasteiger partial charge in [-0.1, -0.05) is 40.5 Å². The number of halogens is 1. The average molecular weight is 460 g/mol. The first kappa shape index (κ1) is 21.8. The number of nitrogens with zero attached hydrogens (tertiary/aromatic N) is 1. The van der Waals surface area contributed by atoms with Gasteiger partial charge in [0.05, 0.1) is 0 Å². The Bertz CT molecular complexity index is 810. The number of aryl methyl sites for hydroxylation is 1. The van der Waals surface area contributed by atoms with Crippen molar-refractivity contribution in [2.45, 2.75) is 39.3 Å². The fraction of sp³-hybridized carbons (Fsp3) is 0.435. The van der Waals surface area contributed by atoms with Gasteiger partial charge in [0.15, 0.2) is 6.61 Å². The molecule has 29 heavy (non-hydrogen) atoms. The van der Waals surface area contributed by atoms with E-state index in [2.05, 4.69) is 38.4 Å². The third-order valence-electron chi connectivity index (χ3n) is 5.32. The maximum atomic E-state index is 12.2. The van der Waals surface area contributed by atoms with Crippen LogP contribution in [0.3, 0.4) is 0 Å². The van der Waals surface area contributed by atoms with Crippen LogP contribution in [-0.2, 0) is 11.3 Å². The third-order valence-corrected chi connectivity index (χ3v) is 5.81. The Morgan fingerprint density at radius 3 is 2.79 bits per heavy atom. The molecular weight excluding hydrogens is 430 g/mol. The summed E-state index contributed by atoms with van der Waals surface area (Å²) in [5, 5.41) is 6.43. The van der Waals surface area contributed by atoms with E-state index in [4.69, 9.17) is 4.74 Å². The van der Waals surface area contributed by atoms with Crippen molar-refractivity contribution in [1.29, 1.82) is 0 Å². The van der Waals surface area contributed by atoms with Crippen LogP contribution in [0.25, 0.3) is 0 Å². The fourth-order valence-corrected chi connectivity index (χ4v) is 4.13. The van der Waals surface area contributed by atoms with Crippen molar-refractivity contribution in [3.8, 4) is 5.75 Å². The molecule has 1 aliphatic rings. The molecule has 1 unspecified atom stereocenters.